The Hall–Kier alpha value is -2.73. The van der Waals surface area contributed by atoms with Crippen molar-refractivity contribution in [1.29, 1.82) is 0 Å². The van der Waals surface area contributed by atoms with E-state index in [0.717, 1.165) is 0 Å². The van der Waals surface area contributed by atoms with Gasteiger partial charge < -0.3 is 14.6 Å². The first-order chi connectivity index (χ1) is 9.68. The predicted octanol–water partition coefficient (Wildman–Crippen LogP) is 1.51. The average molecular weight is 269 g/mol. The third-order valence-corrected chi connectivity index (χ3v) is 2.99. The van der Waals surface area contributed by atoms with Crippen molar-refractivity contribution in [3.63, 3.8) is 0 Å². The molecule has 1 unspecified atom stereocenters. The Kier molecular flexibility index (Phi) is 2.92. The van der Waals surface area contributed by atoms with Gasteiger partial charge in [0.2, 0.25) is 0 Å². The third kappa shape index (κ3) is 1.92. The number of fused-ring (bicyclic) bond motifs is 1. The van der Waals surface area contributed by atoms with Crippen molar-refractivity contribution in [2.75, 3.05) is 0 Å². The van der Waals surface area contributed by atoms with Crippen LogP contribution in [0.5, 0.6) is 0 Å². The van der Waals surface area contributed by atoms with Crippen LogP contribution in [0.2, 0.25) is 0 Å². The molecule has 0 bridgehead atoms. The first-order valence-corrected chi connectivity index (χ1v) is 5.96. The fraction of sp³-hybridized carbons (Fsp3) is 0.0714. The van der Waals surface area contributed by atoms with Crippen LogP contribution in [0.25, 0.3) is 16.9 Å². The van der Waals surface area contributed by atoms with E-state index in [1.165, 1.54) is 0 Å². The van der Waals surface area contributed by atoms with Crippen LogP contribution in [0.3, 0.4) is 0 Å². The molecule has 0 saturated heterocycles. The third-order valence-electron chi connectivity index (χ3n) is 2.99. The number of carbonyl (C=O) groups is 1. The van der Waals surface area contributed by atoms with E-state index in [-0.39, 0.29) is 5.69 Å². The molecule has 0 fully saturated rings. The van der Waals surface area contributed by atoms with E-state index in [2.05, 4.69) is 9.97 Å². The second-order valence-corrected chi connectivity index (χ2v) is 4.26. The summed E-state index contributed by atoms with van der Waals surface area (Å²) in [4.78, 5) is 19.5. The number of hydrogen-bond acceptors (Lipinski definition) is 4. The predicted molar refractivity (Wildman–Crippen MR) is 71.0 cm³/mol. The van der Waals surface area contributed by atoms with Crippen LogP contribution in [0.4, 0.5) is 0 Å². The highest BCUT2D eigenvalue weighted by atomic mass is 16.4. The highest BCUT2D eigenvalue weighted by Gasteiger charge is 2.25. The summed E-state index contributed by atoms with van der Waals surface area (Å²) in [6, 6.07) is 8.80. The van der Waals surface area contributed by atoms with Gasteiger partial charge in [0, 0.05) is 24.2 Å². The minimum absolute atomic E-state index is 0.223. The van der Waals surface area contributed by atoms with Crippen LogP contribution in [0.15, 0.2) is 48.9 Å². The highest BCUT2D eigenvalue weighted by Crippen LogP contribution is 2.28. The largest absolute Gasteiger partial charge is 0.479 e. The second-order valence-electron chi connectivity index (χ2n) is 4.26. The topological polar surface area (TPSA) is 87.7 Å². The van der Waals surface area contributed by atoms with E-state index < -0.39 is 12.1 Å². The van der Waals surface area contributed by atoms with Crippen molar-refractivity contribution in [1.82, 2.24) is 14.4 Å². The number of pyridine rings is 2. The zero-order chi connectivity index (χ0) is 14.1. The Morgan fingerprint density at radius 2 is 2.10 bits per heavy atom. The fourth-order valence-electron chi connectivity index (χ4n) is 2.11. The van der Waals surface area contributed by atoms with E-state index in [9.17, 15) is 9.90 Å². The molecular weight excluding hydrogens is 258 g/mol. The lowest BCUT2D eigenvalue weighted by atomic mass is 10.1. The Balaban J connectivity index is 2.31. The number of imidazole rings is 1. The number of nitrogens with zero attached hydrogens (tertiary/aromatic N) is 3. The minimum Gasteiger partial charge on any atom is -0.479 e. The summed E-state index contributed by atoms with van der Waals surface area (Å²) in [5.41, 5.74) is 1.87. The molecule has 3 aromatic rings. The molecule has 0 aliphatic carbocycles. The number of carboxylic acids is 1. The zero-order valence-corrected chi connectivity index (χ0v) is 10.3. The monoisotopic (exact) mass is 269 g/mol. The molecule has 20 heavy (non-hydrogen) atoms. The lowest BCUT2D eigenvalue weighted by Gasteiger charge is -2.08. The van der Waals surface area contributed by atoms with Gasteiger partial charge >= 0.3 is 5.97 Å². The highest BCUT2D eigenvalue weighted by molar-refractivity contribution is 5.78. The smallest absolute Gasteiger partial charge is 0.338 e. The van der Waals surface area contributed by atoms with Gasteiger partial charge in [-0.25, -0.2) is 9.78 Å². The van der Waals surface area contributed by atoms with Crippen LogP contribution >= 0.6 is 0 Å². The van der Waals surface area contributed by atoms with E-state index in [1.807, 2.05) is 0 Å². The summed E-state index contributed by atoms with van der Waals surface area (Å²) in [5, 5.41) is 19.0. The minimum atomic E-state index is -1.65. The Morgan fingerprint density at radius 1 is 1.25 bits per heavy atom. The van der Waals surface area contributed by atoms with Gasteiger partial charge in [0.1, 0.15) is 5.65 Å². The van der Waals surface area contributed by atoms with Gasteiger partial charge in [-0.05, 0) is 24.3 Å². The zero-order valence-electron chi connectivity index (χ0n) is 10.3. The van der Waals surface area contributed by atoms with Crippen LogP contribution in [0, 0.1) is 0 Å². The Labute approximate surface area is 114 Å². The number of aliphatic carboxylic acids is 1. The first kappa shape index (κ1) is 12.3. The maximum Gasteiger partial charge on any atom is 0.338 e. The van der Waals surface area contributed by atoms with Crippen LogP contribution < -0.4 is 0 Å². The maximum atomic E-state index is 11.1. The Bertz CT molecular complexity index is 768. The molecule has 1 atom stereocenters. The lowest BCUT2D eigenvalue weighted by Crippen LogP contribution is -2.13. The van der Waals surface area contributed by atoms with Crippen molar-refractivity contribution < 1.29 is 15.0 Å². The molecular formula is C14H11N3O3. The molecule has 3 aromatic heterocycles. The number of aliphatic hydroxyl groups is 1. The SMILES string of the molecule is O=C(O)C(O)c1c(-c2cccnc2)nc2ccccn12. The molecule has 100 valence electrons. The molecule has 3 heterocycles. The van der Waals surface area contributed by atoms with Gasteiger partial charge in [0.15, 0.2) is 6.10 Å². The molecule has 6 nitrogen and oxygen atoms in total. The number of hydrogen-bond donors (Lipinski definition) is 2. The quantitative estimate of drug-likeness (QED) is 0.752. The number of carboxylic acid groups (broad SMARTS) is 1. The van der Waals surface area contributed by atoms with Gasteiger partial charge in [-0.15, -0.1) is 0 Å². The van der Waals surface area contributed by atoms with E-state index >= 15 is 0 Å². The standard InChI is InChI=1S/C14H11N3O3/c18-13(14(19)20)12-11(9-4-3-6-15-8-9)16-10-5-1-2-7-17(10)12/h1-8,13,18H,(H,19,20). The van der Waals surface area contributed by atoms with E-state index in [1.54, 1.807) is 53.3 Å². The van der Waals surface area contributed by atoms with Gasteiger partial charge in [-0.1, -0.05) is 6.07 Å². The summed E-state index contributed by atoms with van der Waals surface area (Å²) < 4.78 is 1.57. The van der Waals surface area contributed by atoms with E-state index in [0.29, 0.717) is 16.9 Å². The summed E-state index contributed by atoms with van der Waals surface area (Å²) in [6.07, 6.45) is 3.22. The molecule has 0 aliphatic heterocycles. The van der Waals surface area contributed by atoms with Crippen LogP contribution in [0.1, 0.15) is 11.8 Å². The Morgan fingerprint density at radius 3 is 2.80 bits per heavy atom. The van der Waals surface area contributed by atoms with Crippen molar-refractivity contribution in [3.8, 4) is 11.3 Å². The summed E-state index contributed by atoms with van der Waals surface area (Å²) in [5.74, 6) is -1.32. The van der Waals surface area contributed by atoms with Gasteiger partial charge in [0.25, 0.3) is 0 Å². The molecule has 2 N–H and O–H groups in total. The molecule has 0 aromatic carbocycles. The molecule has 0 amide bonds. The molecule has 3 rings (SSSR count). The number of aliphatic hydroxyl groups excluding tert-OH is 1. The molecule has 0 aliphatic rings. The molecule has 0 saturated carbocycles. The van der Waals surface area contributed by atoms with Gasteiger partial charge in [0.05, 0.1) is 11.4 Å². The summed E-state index contributed by atoms with van der Waals surface area (Å²) in [7, 11) is 0. The van der Waals surface area contributed by atoms with Crippen molar-refractivity contribution >= 4 is 11.6 Å². The number of rotatable bonds is 3. The molecule has 6 heteroatoms. The summed E-state index contributed by atoms with van der Waals surface area (Å²) in [6.45, 7) is 0. The number of aromatic nitrogens is 3. The maximum absolute atomic E-state index is 11.1. The normalized spacial score (nSPS) is 12.4. The van der Waals surface area contributed by atoms with Crippen molar-refractivity contribution in [2.24, 2.45) is 0 Å². The lowest BCUT2D eigenvalue weighted by molar-refractivity contribution is -0.147. The van der Waals surface area contributed by atoms with Crippen molar-refractivity contribution in [3.05, 3.63) is 54.6 Å². The van der Waals surface area contributed by atoms with Gasteiger partial charge in [-0.2, -0.15) is 0 Å². The van der Waals surface area contributed by atoms with E-state index in [4.69, 9.17) is 5.11 Å². The average Bonchev–Trinajstić information content (AvgIpc) is 2.86. The first-order valence-electron chi connectivity index (χ1n) is 5.96. The van der Waals surface area contributed by atoms with Crippen LogP contribution in [-0.4, -0.2) is 30.6 Å². The second kappa shape index (κ2) is 4.75. The molecule has 0 spiro atoms. The molecule has 0 radical (unpaired) electrons. The van der Waals surface area contributed by atoms with Crippen molar-refractivity contribution in [2.45, 2.75) is 6.10 Å². The summed E-state index contributed by atoms with van der Waals surface area (Å²) >= 11 is 0. The van der Waals surface area contributed by atoms with Crippen LogP contribution in [-0.2, 0) is 4.79 Å². The van der Waals surface area contributed by atoms with Gasteiger partial charge in [-0.3, -0.25) is 4.98 Å². The fourth-order valence-corrected chi connectivity index (χ4v) is 2.11.